The second-order valence-electron chi connectivity index (χ2n) is 10.2. The number of nitrogens with zero attached hydrogens (tertiary/aromatic N) is 1. The molecule has 3 amide bonds. The van der Waals surface area contributed by atoms with Gasteiger partial charge in [0.2, 0.25) is 0 Å². The fraction of sp³-hybridized carbons (Fsp3) is 0.333. The van der Waals surface area contributed by atoms with Crippen LogP contribution in [0.2, 0.25) is 0 Å². The Kier molecular flexibility index (Phi) is 7.69. The first-order chi connectivity index (χ1) is 19.6. The number of aromatic nitrogens is 1. The number of rotatable bonds is 3. The molecule has 11 nitrogen and oxygen atoms in total. The molecule has 6 rings (SSSR count). The molecule has 3 N–H and O–H groups in total. The zero-order chi connectivity index (χ0) is 29.3. The molecule has 0 unspecified atom stereocenters. The van der Waals surface area contributed by atoms with E-state index in [1.54, 1.807) is 43.0 Å². The summed E-state index contributed by atoms with van der Waals surface area (Å²) in [4.78, 5) is 56.2. The summed E-state index contributed by atoms with van der Waals surface area (Å²) < 4.78 is 17.3. The number of fused-ring (bicyclic) bond motifs is 7. The average molecular weight is 561 g/mol. The Balaban J connectivity index is 1.46. The molecule has 4 heterocycles. The van der Waals surface area contributed by atoms with Gasteiger partial charge in [-0.3, -0.25) is 19.2 Å². The van der Waals surface area contributed by atoms with Crippen molar-refractivity contribution in [3.8, 4) is 17.2 Å². The number of methoxy groups -OCH3 is 1. The van der Waals surface area contributed by atoms with E-state index in [1.807, 2.05) is 12.1 Å². The normalized spacial score (nSPS) is 18.9. The minimum Gasteiger partial charge on any atom is -0.493 e. The van der Waals surface area contributed by atoms with Crippen LogP contribution in [0.5, 0.6) is 17.2 Å². The number of carbonyl (C=O) groups is 4. The van der Waals surface area contributed by atoms with Crippen molar-refractivity contribution in [3.63, 3.8) is 0 Å². The van der Waals surface area contributed by atoms with Crippen molar-refractivity contribution in [3.05, 3.63) is 76.1 Å². The molecule has 3 aromatic rings. The largest absolute Gasteiger partial charge is 0.493 e. The van der Waals surface area contributed by atoms with Crippen molar-refractivity contribution in [1.29, 1.82) is 0 Å². The number of benzene rings is 2. The van der Waals surface area contributed by atoms with Crippen molar-refractivity contribution in [2.24, 2.45) is 0 Å². The molecule has 2 atom stereocenters. The molecular formula is C30H32N4O7. The highest BCUT2D eigenvalue weighted by molar-refractivity contribution is 6.03. The lowest BCUT2D eigenvalue weighted by molar-refractivity contribution is -0.123. The highest BCUT2D eigenvalue weighted by Crippen LogP contribution is 2.29. The van der Waals surface area contributed by atoms with E-state index < -0.39 is 18.1 Å². The topological polar surface area (TPSA) is 139 Å². The highest BCUT2D eigenvalue weighted by atomic mass is 16.5. The maximum Gasteiger partial charge on any atom is 0.258 e. The molecule has 0 spiro atoms. The maximum atomic E-state index is 13.7. The Labute approximate surface area is 237 Å². The van der Waals surface area contributed by atoms with Crippen LogP contribution in [0.3, 0.4) is 0 Å². The van der Waals surface area contributed by atoms with Gasteiger partial charge in [-0.1, -0.05) is 12.1 Å². The number of aryl methyl sites for hydroxylation is 1. The Morgan fingerprint density at radius 1 is 1.05 bits per heavy atom. The van der Waals surface area contributed by atoms with Crippen LogP contribution in [0, 0.1) is 13.8 Å². The number of hydrogen-bond donors (Lipinski definition) is 3. The van der Waals surface area contributed by atoms with E-state index >= 15 is 0 Å². The Hall–Kier alpha value is -4.80. The quantitative estimate of drug-likeness (QED) is 0.419. The first-order valence-corrected chi connectivity index (χ1v) is 13.3. The highest BCUT2D eigenvalue weighted by Gasteiger charge is 2.39. The lowest BCUT2D eigenvalue weighted by Gasteiger charge is -2.21. The zero-order valence-corrected chi connectivity index (χ0v) is 23.3. The van der Waals surface area contributed by atoms with Gasteiger partial charge in [-0.2, -0.15) is 0 Å². The fourth-order valence-electron chi connectivity index (χ4n) is 5.22. The molecule has 11 heteroatoms. The van der Waals surface area contributed by atoms with Crippen LogP contribution in [0.25, 0.3) is 0 Å². The number of likely N-dealkylation sites (tertiary alicyclic amines) is 1. The van der Waals surface area contributed by atoms with Crippen LogP contribution < -0.4 is 24.8 Å². The smallest absolute Gasteiger partial charge is 0.258 e. The number of hydrogen-bond acceptors (Lipinski definition) is 7. The number of nitrogens with one attached hydrogen (secondary N) is 3. The number of ether oxygens (including phenoxy) is 3. The van der Waals surface area contributed by atoms with Gasteiger partial charge in [-0.05, 0) is 55.3 Å². The van der Waals surface area contributed by atoms with E-state index in [4.69, 9.17) is 14.2 Å². The average Bonchev–Trinajstić information content (AvgIpc) is 3.49. The summed E-state index contributed by atoms with van der Waals surface area (Å²) in [6.45, 7) is 5.43. The number of Topliss-reactive ketones (excluding diaryl/α,β-unsaturated/α-hetero) is 1. The second kappa shape index (κ2) is 11.4. The first-order valence-electron chi connectivity index (χ1n) is 13.3. The van der Waals surface area contributed by atoms with Crippen LogP contribution in [-0.4, -0.2) is 72.3 Å². The number of carbonyl (C=O) groups excluding carboxylic acids is 4. The summed E-state index contributed by atoms with van der Waals surface area (Å²) in [6, 6.07) is 11.4. The Morgan fingerprint density at radius 3 is 2.49 bits per heavy atom. The third-order valence-corrected chi connectivity index (χ3v) is 7.36. The predicted octanol–water partition coefficient (Wildman–Crippen LogP) is 2.55. The third-order valence-electron chi connectivity index (χ3n) is 7.36. The second-order valence-corrected chi connectivity index (χ2v) is 10.2. The monoisotopic (exact) mass is 560 g/mol. The SMILES string of the molecule is COc1ccc2cc1OCC(=O)NCc1ccc(cc1)O[C@H]1CN(C(=O)c3c(C)[nH]c(C(C)=O)c3C)C[C@@H]1NC2=O. The van der Waals surface area contributed by atoms with Crippen molar-refractivity contribution >= 4 is 23.5 Å². The van der Waals surface area contributed by atoms with Gasteiger partial charge < -0.3 is 34.7 Å². The summed E-state index contributed by atoms with van der Waals surface area (Å²) in [6.07, 6.45) is -0.551. The minimum absolute atomic E-state index is 0.150. The number of H-pyrrole nitrogens is 1. The molecule has 0 aliphatic carbocycles. The van der Waals surface area contributed by atoms with Crippen LogP contribution in [0.1, 0.15) is 54.9 Å². The molecule has 2 aromatic carbocycles. The molecule has 1 saturated heterocycles. The van der Waals surface area contributed by atoms with Crippen LogP contribution in [0.4, 0.5) is 0 Å². The summed E-state index contributed by atoms with van der Waals surface area (Å²) >= 11 is 0. The molecule has 3 aliphatic rings. The first kappa shape index (κ1) is 27.8. The summed E-state index contributed by atoms with van der Waals surface area (Å²) in [5.41, 5.74) is 3.21. The van der Waals surface area contributed by atoms with E-state index in [-0.39, 0.29) is 43.0 Å². The van der Waals surface area contributed by atoms with E-state index in [0.29, 0.717) is 46.1 Å². The number of ketones is 1. The molecular weight excluding hydrogens is 528 g/mol. The van der Waals surface area contributed by atoms with Gasteiger partial charge in [0, 0.05) is 31.3 Å². The van der Waals surface area contributed by atoms with Gasteiger partial charge in [0.25, 0.3) is 17.7 Å². The molecule has 3 aliphatic heterocycles. The maximum absolute atomic E-state index is 13.7. The Morgan fingerprint density at radius 2 is 1.80 bits per heavy atom. The van der Waals surface area contributed by atoms with Gasteiger partial charge in [0.1, 0.15) is 11.9 Å². The van der Waals surface area contributed by atoms with Crippen molar-refractivity contribution in [1.82, 2.24) is 20.5 Å². The van der Waals surface area contributed by atoms with Gasteiger partial charge in [-0.15, -0.1) is 0 Å². The molecule has 4 bridgehead atoms. The summed E-state index contributed by atoms with van der Waals surface area (Å²) in [5.74, 6) is 0.0654. The summed E-state index contributed by atoms with van der Waals surface area (Å²) in [7, 11) is 1.47. The van der Waals surface area contributed by atoms with Crippen molar-refractivity contribution in [2.45, 2.75) is 39.5 Å². The molecule has 214 valence electrons. The zero-order valence-electron chi connectivity index (χ0n) is 23.3. The molecule has 41 heavy (non-hydrogen) atoms. The van der Waals surface area contributed by atoms with Crippen LogP contribution in [0.15, 0.2) is 42.5 Å². The molecule has 1 fully saturated rings. The van der Waals surface area contributed by atoms with E-state index in [9.17, 15) is 19.2 Å². The van der Waals surface area contributed by atoms with Crippen molar-refractivity contribution < 1.29 is 33.4 Å². The van der Waals surface area contributed by atoms with Crippen LogP contribution in [-0.2, 0) is 11.3 Å². The summed E-state index contributed by atoms with van der Waals surface area (Å²) in [5, 5.41) is 5.82. The van der Waals surface area contributed by atoms with Gasteiger partial charge >= 0.3 is 0 Å². The third kappa shape index (κ3) is 5.74. The molecule has 0 saturated carbocycles. The van der Waals surface area contributed by atoms with E-state index in [0.717, 1.165) is 5.56 Å². The molecule has 1 aromatic heterocycles. The standard InChI is InChI=1S/C30H32N4O7/c1-16-27(17(2)32-28(16)18(3)35)30(38)34-13-22-25(14-34)41-21-8-5-19(6-9-21)12-31-26(36)15-40-24-11-20(29(37)33-22)7-10-23(24)39-4/h5-11,22,25,32H,12-15H2,1-4H3,(H,31,36)(H,33,37)/t22-,25-/m0/s1. The van der Waals surface area contributed by atoms with Crippen LogP contribution >= 0.6 is 0 Å². The lowest BCUT2D eigenvalue weighted by atomic mass is 10.1. The van der Waals surface area contributed by atoms with Gasteiger partial charge in [0.05, 0.1) is 31.0 Å². The predicted molar refractivity (Wildman–Crippen MR) is 149 cm³/mol. The number of amides is 3. The van der Waals surface area contributed by atoms with E-state index in [2.05, 4.69) is 15.6 Å². The minimum atomic E-state index is -0.551. The number of aromatic amines is 1. The molecule has 0 radical (unpaired) electrons. The van der Waals surface area contributed by atoms with Crippen molar-refractivity contribution in [2.75, 3.05) is 26.8 Å². The lowest BCUT2D eigenvalue weighted by Crippen LogP contribution is -2.45. The van der Waals surface area contributed by atoms with Gasteiger partial charge in [0.15, 0.2) is 23.9 Å². The van der Waals surface area contributed by atoms with Gasteiger partial charge in [-0.25, -0.2) is 0 Å². The van der Waals surface area contributed by atoms with E-state index in [1.165, 1.54) is 20.1 Å². The Bertz CT molecular complexity index is 1510. The fourth-order valence-corrected chi connectivity index (χ4v) is 5.22.